The summed E-state index contributed by atoms with van der Waals surface area (Å²) in [6, 6.07) is 14.5. The SMILES string of the molecule is COc1ccc(CNC(=O)C(=O)NCc2ccccc2OC)cc1. The van der Waals surface area contributed by atoms with Crippen LogP contribution in [0.1, 0.15) is 11.1 Å². The summed E-state index contributed by atoms with van der Waals surface area (Å²) >= 11 is 0. The largest absolute Gasteiger partial charge is 0.497 e. The second-order valence-corrected chi connectivity index (χ2v) is 5.03. The first kappa shape index (κ1) is 17.3. The van der Waals surface area contributed by atoms with E-state index < -0.39 is 11.8 Å². The van der Waals surface area contributed by atoms with Crippen LogP contribution in [0.2, 0.25) is 0 Å². The van der Waals surface area contributed by atoms with Gasteiger partial charge < -0.3 is 20.1 Å². The van der Waals surface area contributed by atoms with Crippen LogP contribution in [0, 0.1) is 0 Å². The van der Waals surface area contributed by atoms with Crippen molar-refractivity contribution in [3.8, 4) is 11.5 Å². The van der Waals surface area contributed by atoms with E-state index in [1.807, 2.05) is 30.3 Å². The van der Waals surface area contributed by atoms with E-state index in [-0.39, 0.29) is 13.1 Å². The molecular formula is C18H20N2O4. The highest BCUT2D eigenvalue weighted by molar-refractivity contribution is 6.35. The molecule has 0 fully saturated rings. The Hall–Kier alpha value is -3.02. The molecule has 6 heteroatoms. The molecule has 0 saturated heterocycles. The molecule has 2 rings (SSSR count). The number of amides is 2. The summed E-state index contributed by atoms with van der Waals surface area (Å²) < 4.78 is 10.3. The van der Waals surface area contributed by atoms with Crippen molar-refractivity contribution in [2.24, 2.45) is 0 Å². The Kier molecular flexibility index (Phi) is 6.19. The van der Waals surface area contributed by atoms with Crippen molar-refractivity contribution >= 4 is 11.8 Å². The number of carbonyl (C=O) groups is 2. The average Bonchev–Trinajstić information content (AvgIpc) is 2.64. The first-order valence-electron chi connectivity index (χ1n) is 7.45. The summed E-state index contributed by atoms with van der Waals surface area (Å²) in [5, 5.41) is 5.16. The molecule has 2 N–H and O–H groups in total. The molecule has 0 aliphatic heterocycles. The van der Waals surface area contributed by atoms with Gasteiger partial charge in [-0.25, -0.2) is 0 Å². The van der Waals surface area contributed by atoms with Gasteiger partial charge in [-0.1, -0.05) is 30.3 Å². The Balaban J connectivity index is 1.82. The molecule has 0 aliphatic rings. The fourth-order valence-corrected chi connectivity index (χ4v) is 2.11. The Morgan fingerprint density at radius 2 is 1.46 bits per heavy atom. The van der Waals surface area contributed by atoms with Gasteiger partial charge in [-0.15, -0.1) is 0 Å². The molecule has 0 heterocycles. The molecule has 0 bridgehead atoms. The Labute approximate surface area is 140 Å². The third kappa shape index (κ3) is 4.74. The van der Waals surface area contributed by atoms with E-state index >= 15 is 0 Å². The van der Waals surface area contributed by atoms with Crippen molar-refractivity contribution in [1.29, 1.82) is 0 Å². The highest BCUT2D eigenvalue weighted by Gasteiger charge is 2.13. The molecule has 2 aromatic carbocycles. The van der Waals surface area contributed by atoms with E-state index in [1.165, 1.54) is 0 Å². The second-order valence-electron chi connectivity index (χ2n) is 5.03. The van der Waals surface area contributed by atoms with Gasteiger partial charge in [0, 0.05) is 18.7 Å². The van der Waals surface area contributed by atoms with Gasteiger partial charge in [0.2, 0.25) is 0 Å². The zero-order valence-electron chi connectivity index (χ0n) is 13.7. The summed E-state index contributed by atoms with van der Waals surface area (Å²) in [7, 11) is 3.14. The molecule has 0 aromatic heterocycles. The van der Waals surface area contributed by atoms with E-state index in [4.69, 9.17) is 9.47 Å². The zero-order valence-corrected chi connectivity index (χ0v) is 13.7. The minimum atomic E-state index is -0.686. The molecule has 0 radical (unpaired) electrons. The lowest BCUT2D eigenvalue weighted by Crippen LogP contribution is -2.39. The molecule has 2 amide bonds. The number of ether oxygens (including phenoxy) is 2. The molecule has 0 atom stereocenters. The van der Waals surface area contributed by atoms with Crippen LogP contribution in [0.3, 0.4) is 0 Å². The van der Waals surface area contributed by atoms with Crippen LogP contribution in [0.4, 0.5) is 0 Å². The van der Waals surface area contributed by atoms with Crippen LogP contribution in [0.5, 0.6) is 11.5 Å². The van der Waals surface area contributed by atoms with Crippen molar-refractivity contribution < 1.29 is 19.1 Å². The maximum Gasteiger partial charge on any atom is 0.309 e. The fourth-order valence-electron chi connectivity index (χ4n) is 2.11. The molecule has 126 valence electrons. The zero-order chi connectivity index (χ0) is 17.4. The van der Waals surface area contributed by atoms with Crippen LogP contribution < -0.4 is 20.1 Å². The topological polar surface area (TPSA) is 76.7 Å². The lowest BCUT2D eigenvalue weighted by molar-refractivity contribution is -0.139. The quantitative estimate of drug-likeness (QED) is 0.790. The number of methoxy groups -OCH3 is 2. The second kappa shape index (κ2) is 8.57. The molecule has 6 nitrogen and oxygen atoms in total. The summed E-state index contributed by atoms with van der Waals surface area (Å²) in [6.45, 7) is 0.490. The van der Waals surface area contributed by atoms with Gasteiger partial charge in [0.1, 0.15) is 11.5 Å². The van der Waals surface area contributed by atoms with Gasteiger partial charge in [0.15, 0.2) is 0 Å². The van der Waals surface area contributed by atoms with E-state index in [2.05, 4.69) is 10.6 Å². The van der Waals surface area contributed by atoms with Crippen LogP contribution in [0.15, 0.2) is 48.5 Å². The van der Waals surface area contributed by atoms with Crippen molar-refractivity contribution in [2.45, 2.75) is 13.1 Å². The third-order valence-electron chi connectivity index (χ3n) is 3.45. The summed E-state index contributed by atoms with van der Waals surface area (Å²) in [4.78, 5) is 23.7. The maximum absolute atomic E-state index is 11.9. The summed E-state index contributed by atoms with van der Waals surface area (Å²) in [5.41, 5.74) is 1.68. The number of nitrogens with one attached hydrogen (secondary N) is 2. The van der Waals surface area contributed by atoms with E-state index in [0.29, 0.717) is 5.75 Å². The van der Waals surface area contributed by atoms with Crippen LogP contribution >= 0.6 is 0 Å². The number of hydrogen-bond acceptors (Lipinski definition) is 4. The number of benzene rings is 2. The molecule has 2 aromatic rings. The van der Waals surface area contributed by atoms with E-state index in [1.54, 1.807) is 32.4 Å². The monoisotopic (exact) mass is 328 g/mol. The van der Waals surface area contributed by atoms with Gasteiger partial charge in [-0.2, -0.15) is 0 Å². The predicted molar refractivity (Wildman–Crippen MR) is 89.7 cm³/mol. The van der Waals surface area contributed by atoms with Crippen molar-refractivity contribution in [3.63, 3.8) is 0 Å². The Morgan fingerprint density at radius 1 is 0.833 bits per heavy atom. The van der Waals surface area contributed by atoms with Crippen LogP contribution in [0.25, 0.3) is 0 Å². The highest BCUT2D eigenvalue weighted by atomic mass is 16.5. The van der Waals surface area contributed by atoms with Crippen molar-refractivity contribution in [2.75, 3.05) is 14.2 Å². The van der Waals surface area contributed by atoms with Crippen LogP contribution in [-0.4, -0.2) is 26.0 Å². The van der Waals surface area contributed by atoms with Gasteiger partial charge in [-0.3, -0.25) is 9.59 Å². The standard InChI is InChI=1S/C18H20N2O4/c1-23-15-9-7-13(8-10-15)11-19-17(21)18(22)20-12-14-5-3-4-6-16(14)24-2/h3-10H,11-12H2,1-2H3,(H,19,21)(H,20,22). The van der Waals surface area contributed by atoms with Gasteiger partial charge in [0.05, 0.1) is 14.2 Å². The normalized spacial score (nSPS) is 9.92. The average molecular weight is 328 g/mol. The molecular weight excluding hydrogens is 308 g/mol. The lowest BCUT2D eigenvalue weighted by Gasteiger charge is -2.10. The predicted octanol–water partition coefficient (Wildman–Crippen LogP) is 1.64. The highest BCUT2D eigenvalue weighted by Crippen LogP contribution is 2.16. The summed E-state index contributed by atoms with van der Waals surface area (Å²) in [6.07, 6.45) is 0. The molecule has 0 unspecified atom stereocenters. The number of hydrogen-bond donors (Lipinski definition) is 2. The molecule has 0 aliphatic carbocycles. The number of rotatable bonds is 6. The van der Waals surface area contributed by atoms with E-state index in [0.717, 1.165) is 16.9 Å². The van der Waals surface area contributed by atoms with E-state index in [9.17, 15) is 9.59 Å². The molecule has 24 heavy (non-hydrogen) atoms. The maximum atomic E-state index is 11.9. The van der Waals surface area contributed by atoms with Crippen LogP contribution in [-0.2, 0) is 22.7 Å². The summed E-state index contributed by atoms with van der Waals surface area (Å²) in [5.74, 6) is 0.0335. The third-order valence-corrected chi connectivity index (χ3v) is 3.45. The Morgan fingerprint density at radius 3 is 2.08 bits per heavy atom. The number of para-hydroxylation sites is 1. The van der Waals surface area contributed by atoms with Crippen molar-refractivity contribution in [3.05, 3.63) is 59.7 Å². The minimum Gasteiger partial charge on any atom is -0.497 e. The van der Waals surface area contributed by atoms with Gasteiger partial charge in [-0.05, 0) is 23.8 Å². The molecule has 0 saturated carbocycles. The van der Waals surface area contributed by atoms with Crippen molar-refractivity contribution in [1.82, 2.24) is 10.6 Å². The molecule has 0 spiro atoms. The Bertz CT molecular complexity index is 698. The first-order valence-corrected chi connectivity index (χ1v) is 7.45. The fraction of sp³-hybridized carbons (Fsp3) is 0.222. The minimum absolute atomic E-state index is 0.221. The van der Waals surface area contributed by atoms with Gasteiger partial charge in [0.25, 0.3) is 0 Å². The van der Waals surface area contributed by atoms with Gasteiger partial charge >= 0.3 is 11.8 Å². The smallest absolute Gasteiger partial charge is 0.309 e. The number of carbonyl (C=O) groups excluding carboxylic acids is 2. The first-order chi connectivity index (χ1) is 11.6. The lowest BCUT2D eigenvalue weighted by atomic mass is 10.2.